The lowest BCUT2D eigenvalue weighted by Crippen LogP contribution is -2.04. The quantitative estimate of drug-likeness (QED) is 0.299. The lowest BCUT2D eigenvalue weighted by molar-refractivity contribution is -0.138. The first-order valence-electron chi connectivity index (χ1n) is 6.12. The van der Waals surface area contributed by atoms with Crippen LogP contribution in [-0.4, -0.2) is 12.6 Å². The number of ether oxygens (including phenoxy) is 1. The third kappa shape index (κ3) is 8.49. The van der Waals surface area contributed by atoms with Gasteiger partial charge in [-0.1, -0.05) is 29.4 Å². The molecule has 0 aliphatic carbocycles. The molecule has 0 fully saturated rings. The van der Waals surface area contributed by atoms with E-state index in [-0.39, 0.29) is 5.97 Å². The Bertz CT molecular complexity index is 329. The van der Waals surface area contributed by atoms with Crippen LogP contribution in [0.1, 0.15) is 47.5 Å². The zero-order valence-electron chi connectivity index (χ0n) is 11.7. The molecule has 0 spiro atoms. The number of carbonyl (C=O) groups excluding carboxylic acids is 1. The van der Waals surface area contributed by atoms with E-state index in [0.29, 0.717) is 12.2 Å². The van der Waals surface area contributed by atoms with E-state index in [4.69, 9.17) is 4.74 Å². The Morgan fingerprint density at radius 1 is 1.12 bits per heavy atom. The Balaban J connectivity index is 4.25. The largest absolute Gasteiger partial charge is 0.463 e. The summed E-state index contributed by atoms with van der Waals surface area (Å²) in [5, 5.41) is 0. The van der Waals surface area contributed by atoms with Crippen LogP contribution in [0.5, 0.6) is 0 Å². The summed E-state index contributed by atoms with van der Waals surface area (Å²) in [5.74, 6) is -0.235. The fourth-order valence-electron chi connectivity index (χ4n) is 1.25. The highest BCUT2D eigenvalue weighted by atomic mass is 16.5. The van der Waals surface area contributed by atoms with Gasteiger partial charge in [-0.05, 0) is 47.5 Å². The van der Waals surface area contributed by atoms with E-state index in [2.05, 4.69) is 26.8 Å². The van der Waals surface area contributed by atoms with Gasteiger partial charge in [0.05, 0.1) is 6.61 Å². The van der Waals surface area contributed by atoms with E-state index in [1.54, 1.807) is 6.92 Å². The zero-order chi connectivity index (χ0) is 13.3. The molecule has 0 aliphatic rings. The number of carbonyl (C=O) groups is 1. The van der Waals surface area contributed by atoms with E-state index in [1.807, 2.05) is 19.1 Å². The molecule has 0 saturated carbocycles. The molecule has 0 aliphatic heterocycles. The molecule has 0 atom stereocenters. The van der Waals surface area contributed by atoms with Gasteiger partial charge in [-0.15, -0.1) is 0 Å². The number of esters is 1. The van der Waals surface area contributed by atoms with Gasteiger partial charge in [0.25, 0.3) is 0 Å². The van der Waals surface area contributed by atoms with Crippen molar-refractivity contribution < 1.29 is 9.53 Å². The third-order valence-electron chi connectivity index (χ3n) is 2.31. The van der Waals surface area contributed by atoms with Crippen molar-refractivity contribution >= 4 is 5.97 Å². The summed E-state index contributed by atoms with van der Waals surface area (Å²) in [6, 6.07) is 0. The SMILES string of the molecule is CCOC(=O)/C(C)=C/C=C(\C)CCC=C(C)C. The Morgan fingerprint density at radius 3 is 2.29 bits per heavy atom. The van der Waals surface area contributed by atoms with Crippen molar-refractivity contribution in [2.24, 2.45) is 0 Å². The monoisotopic (exact) mass is 236 g/mol. The highest BCUT2D eigenvalue weighted by molar-refractivity contribution is 5.88. The van der Waals surface area contributed by atoms with Crippen LogP contribution in [0.25, 0.3) is 0 Å². The average molecular weight is 236 g/mol. The van der Waals surface area contributed by atoms with Gasteiger partial charge >= 0.3 is 5.97 Å². The first-order chi connectivity index (χ1) is 7.97. The Morgan fingerprint density at radius 2 is 1.76 bits per heavy atom. The van der Waals surface area contributed by atoms with Crippen LogP contribution in [0.2, 0.25) is 0 Å². The van der Waals surface area contributed by atoms with E-state index < -0.39 is 0 Å². The van der Waals surface area contributed by atoms with Crippen molar-refractivity contribution in [1.29, 1.82) is 0 Å². The first-order valence-corrected chi connectivity index (χ1v) is 6.12. The molecule has 0 amide bonds. The molecular weight excluding hydrogens is 212 g/mol. The second kappa shape index (κ2) is 8.80. The molecular formula is C15H24O2. The van der Waals surface area contributed by atoms with Gasteiger partial charge in [-0.25, -0.2) is 4.79 Å². The molecule has 0 saturated heterocycles. The lowest BCUT2D eigenvalue weighted by atomic mass is 10.1. The van der Waals surface area contributed by atoms with Crippen LogP contribution in [0.15, 0.2) is 34.9 Å². The minimum atomic E-state index is -0.235. The van der Waals surface area contributed by atoms with Gasteiger partial charge < -0.3 is 4.74 Å². The second-order valence-corrected chi connectivity index (χ2v) is 4.40. The van der Waals surface area contributed by atoms with Gasteiger partial charge in [0.15, 0.2) is 0 Å². The zero-order valence-corrected chi connectivity index (χ0v) is 11.7. The van der Waals surface area contributed by atoms with Crippen LogP contribution in [0.4, 0.5) is 0 Å². The van der Waals surface area contributed by atoms with Crippen molar-refractivity contribution in [2.75, 3.05) is 6.61 Å². The van der Waals surface area contributed by atoms with Crippen molar-refractivity contribution in [3.8, 4) is 0 Å². The number of rotatable bonds is 6. The molecule has 0 aromatic carbocycles. The van der Waals surface area contributed by atoms with Crippen LogP contribution in [-0.2, 0) is 9.53 Å². The molecule has 0 bridgehead atoms. The first kappa shape index (κ1) is 15.7. The summed E-state index contributed by atoms with van der Waals surface area (Å²) in [7, 11) is 0. The predicted molar refractivity (Wildman–Crippen MR) is 72.8 cm³/mol. The normalized spacial score (nSPS) is 12.3. The Labute approximate surface area is 105 Å². The lowest BCUT2D eigenvalue weighted by Gasteiger charge is -2.00. The molecule has 0 aromatic heterocycles. The standard InChI is InChI=1S/C15H24O2/c1-6-17-15(16)14(5)11-10-13(4)9-7-8-12(2)3/h8,10-11H,6-7,9H2,1-5H3/b13-10+,14-11+. The average Bonchev–Trinajstić information content (AvgIpc) is 2.25. The van der Waals surface area contributed by atoms with Crippen LogP contribution in [0.3, 0.4) is 0 Å². The van der Waals surface area contributed by atoms with Gasteiger partial charge in [-0.3, -0.25) is 0 Å². The molecule has 0 N–H and O–H groups in total. The number of hydrogen-bond donors (Lipinski definition) is 0. The van der Waals surface area contributed by atoms with Crippen molar-refractivity contribution in [2.45, 2.75) is 47.5 Å². The highest BCUT2D eigenvalue weighted by Gasteiger charge is 2.02. The van der Waals surface area contributed by atoms with Gasteiger partial charge in [0.1, 0.15) is 0 Å². The fourth-order valence-corrected chi connectivity index (χ4v) is 1.25. The van der Waals surface area contributed by atoms with Gasteiger partial charge in [-0.2, -0.15) is 0 Å². The third-order valence-corrected chi connectivity index (χ3v) is 2.31. The topological polar surface area (TPSA) is 26.3 Å². The van der Waals surface area contributed by atoms with E-state index in [1.165, 1.54) is 11.1 Å². The maximum absolute atomic E-state index is 11.3. The van der Waals surface area contributed by atoms with Crippen LogP contribution >= 0.6 is 0 Å². The summed E-state index contributed by atoms with van der Waals surface area (Å²) >= 11 is 0. The summed E-state index contributed by atoms with van der Waals surface area (Å²) in [4.78, 5) is 11.3. The summed E-state index contributed by atoms with van der Waals surface area (Å²) in [5.41, 5.74) is 3.26. The molecule has 2 heteroatoms. The Kier molecular flexibility index (Phi) is 8.12. The van der Waals surface area contributed by atoms with E-state index in [0.717, 1.165) is 12.8 Å². The maximum atomic E-state index is 11.3. The molecule has 0 radical (unpaired) electrons. The Hall–Kier alpha value is -1.31. The highest BCUT2D eigenvalue weighted by Crippen LogP contribution is 2.08. The minimum absolute atomic E-state index is 0.235. The van der Waals surface area contributed by atoms with Crippen LogP contribution in [0, 0.1) is 0 Å². The molecule has 2 nitrogen and oxygen atoms in total. The second-order valence-electron chi connectivity index (χ2n) is 4.40. The van der Waals surface area contributed by atoms with Crippen molar-refractivity contribution in [3.05, 3.63) is 34.9 Å². The van der Waals surface area contributed by atoms with Crippen molar-refractivity contribution in [3.63, 3.8) is 0 Å². The van der Waals surface area contributed by atoms with E-state index in [9.17, 15) is 4.79 Å². The smallest absolute Gasteiger partial charge is 0.333 e. The molecule has 0 aromatic rings. The number of allylic oxidation sites excluding steroid dienone is 5. The molecule has 0 rings (SSSR count). The molecule has 0 unspecified atom stereocenters. The maximum Gasteiger partial charge on any atom is 0.333 e. The predicted octanol–water partition coefficient (Wildman–Crippen LogP) is 4.19. The minimum Gasteiger partial charge on any atom is -0.463 e. The van der Waals surface area contributed by atoms with Gasteiger partial charge in [0, 0.05) is 5.57 Å². The summed E-state index contributed by atoms with van der Waals surface area (Å²) in [6.07, 6.45) is 8.12. The van der Waals surface area contributed by atoms with E-state index >= 15 is 0 Å². The fraction of sp³-hybridized carbons (Fsp3) is 0.533. The summed E-state index contributed by atoms with van der Waals surface area (Å²) in [6.45, 7) is 10.3. The van der Waals surface area contributed by atoms with Crippen molar-refractivity contribution in [1.82, 2.24) is 0 Å². The number of hydrogen-bond acceptors (Lipinski definition) is 2. The molecule has 0 heterocycles. The summed E-state index contributed by atoms with van der Waals surface area (Å²) < 4.78 is 4.90. The van der Waals surface area contributed by atoms with Crippen LogP contribution < -0.4 is 0 Å². The molecule has 96 valence electrons. The molecule has 17 heavy (non-hydrogen) atoms. The van der Waals surface area contributed by atoms with Gasteiger partial charge in [0.2, 0.25) is 0 Å².